The molecule has 0 N–H and O–H groups in total. The van der Waals surface area contributed by atoms with Crippen molar-refractivity contribution < 1.29 is 0 Å². The first kappa shape index (κ1) is 8.36. The largest absolute Gasteiger partial charge is 0.300 e. The Bertz CT molecular complexity index is 211. The van der Waals surface area contributed by atoms with Crippen LogP contribution in [0.4, 0.5) is 0 Å². The standard InChI is InChI=1S/C9H14N2S/c12-7-10-8-3-5-11-4-1-2-9(11)6-8/h8-9H,1-6H2. The van der Waals surface area contributed by atoms with Gasteiger partial charge in [0.15, 0.2) is 0 Å². The molecule has 0 aromatic carbocycles. The van der Waals surface area contributed by atoms with Gasteiger partial charge in [-0.25, -0.2) is 4.99 Å². The first-order chi connectivity index (χ1) is 5.90. The number of nitrogens with zero attached hydrogens (tertiary/aromatic N) is 2. The highest BCUT2D eigenvalue weighted by Crippen LogP contribution is 2.27. The van der Waals surface area contributed by atoms with Crippen molar-refractivity contribution in [3.63, 3.8) is 0 Å². The fraction of sp³-hybridized carbons (Fsp3) is 0.889. The van der Waals surface area contributed by atoms with Crippen LogP contribution in [0.3, 0.4) is 0 Å². The number of piperidine rings is 1. The minimum atomic E-state index is 0.474. The topological polar surface area (TPSA) is 15.6 Å². The smallest absolute Gasteiger partial charge is 0.0629 e. The lowest BCUT2D eigenvalue weighted by Gasteiger charge is -2.32. The van der Waals surface area contributed by atoms with Crippen LogP contribution in [-0.4, -0.2) is 35.2 Å². The first-order valence-electron chi connectivity index (χ1n) is 4.71. The van der Waals surface area contributed by atoms with Crippen molar-refractivity contribution in [2.24, 2.45) is 4.99 Å². The maximum Gasteiger partial charge on any atom is 0.0629 e. The molecule has 2 nitrogen and oxygen atoms in total. The zero-order chi connectivity index (χ0) is 8.39. The summed E-state index contributed by atoms with van der Waals surface area (Å²) in [7, 11) is 0. The van der Waals surface area contributed by atoms with Gasteiger partial charge in [-0.2, -0.15) is 0 Å². The second-order valence-electron chi connectivity index (χ2n) is 3.73. The van der Waals surface area contributed by atoms with E-state index in [4.69, 9.17) is 0 Å². The van der Waals surface area contributed by atoms with E-state index in [9.17, 15) is 0 Å². The summed E-state index contributed by atoms with van der Waals surface area (Å²) < 4.78 is 0. The van der Waals surface area contributed by atoms with E-state index < -0.39 is 0 Å². The van der Waals surface area contributed by atoms with Gasteiger partial charge in [-0.3, -0.25) is 0 Å². The molecule has 2 aliphatic heterocycles. The highest BCUT2D eigenvalue weighted by Gasteiger charge is 2.31. The van der Waals surface area contributed by atoms with E-state index in [0.717, 1.165) is 6.04 Å². The third kappa shape index (κ3) is 1.58. The summed E-state index contributed by atoms with van der Waals surface area (Å²) in [6, 6.07) is 1.28. The Balaban J connectivity index is 1.96. The SMILES string of the molecule is S=C=NC1CCN2CCCC2C1. The number of thiocarbonyl (C=S) groups is 1. The number of rotatable bonds is 1. The van der Waals surface area contributed by atoms with Gasteiger partial charge in [-0.1, -0.05) is 0 Å². The maximum absolute atomic E-state index is 4.62. The number of hydrogen-bond acceptors (Lipinski definition) is 3. The molecule has 2 fully saturated rings. The van der Waals surface area contributed by atoms with E-state index in [-0.39, 0.29) is 0 Å². The Morgan fingerprint density at radius 2 is 2.25 bits per heavy atom. The predicted molar refractivity (Wildman–Crippen MR) is 52.6 cm³/mol. The second kappa shape index (κ2) is 3.65. The average molecular weight is 182 g/mol. The number of isothiocyanates is 1. The second-order valence-corrected chi connectivity index (χ2v) is 3.91. The molecule has 0 aliphatic carbocycles. The predicted octanol–water partition coefficient (Wildman–Crippen LogP) is 1.72. The van der Waals surface area contributed by atoms with Gasteiger partial charge in [0, 0.05) is 12.6 Å². The molecule has 2 atom stereocenters. The monoisotopic (exact) mass is 182 g/mol. The van der Waals surface area contributed by atoms with Gasteiger partial charge in [0.1, 0.15) is 0 Å². The minimum Gasteiger partial charge on any atom is -0.300 e. The van der Waals surface area contributed by atoms with Crippen LogP contribution in [0.5, 0.6) is 0 Å². The van der Waals surface area contributed by atoms with Crippen LogP contribution in [-0.2, 0) is 0 Å². The molecule has 0 radical (unpaired) electrons. The van der Waals surface area contributed by atoms with Crippen LogP contribution < -0.4 is 0 Å². The highest BCUT2D eigenvalue weighted by atomic mass is 32.1. The quantitative estimate of drug-likeness (QED) is 0.453. The molecule has 0 amide bonds. The van der Waals surface area contributed by atoms with Gasteiger partial charge in [0.25, 0.3) is 0 Å². The van der Waals surface area contributed by atoms with E-state index in [1.165, 1.54) is 38.8 Å². The molecule has 2 unspecified atom stereocenters. The normalized spacial score (nSPS) is 35.7. The summed E-state index contributed by atoms with van der Waals surface area (Å²) in [5, 5.41) is 2.51. The van der Waals surface area contributed by atoms with Gasteiger partial charge in [0.2, 0.25) is 0 Å². The van der Waals surface area contributed by atoms with Crippen LogP contribution in [0, 0.1) is 0 Å². The van der Waals surface area contributed by atoms with Crippen molar-refractivity contribution in [1.29, 1.82) is 0 Å². The van der Waals surface area contributed by atoms with E-state index in [2.05, 4.69) is 27.3 Å². The molecular weight excluding hydrogens is 168 g/mol. The number of aliphatic imine (C=N–C) groups is 1. The molecule has 0 spiro atoms. The first-order valence-corrected chi connectivity index (χ1v) is 5.12. The fourth-order valence-corrected chi connectivity index (χ4v) is 2.54. The van der Waals surface area contributed by atoms with Crippen molar-refractivity contribution in [3.8, 4) is 0 Å². The Labute approximate surface area is 78.7 Å². The molecule has 2 aliphatic rings. The van der Waals surface area contributed by atoms with Crippen LogP contribution in [0.2, 0.25) is 0 Å². The van der Waals surface area contributed by atoms with Gasteiger partial charge >= 0.3 is 0 Å². The molecule has 2 saturated heterocycles. The molecule has 0 aromatic rings. The number of fused-ring (bicyclic) bond motifs is 1. The minimum absolute atomic E-state index is 0.474. The van der Waals surface area contributed by atoms with Crippen molar-refractivity contribution in [2.45, 2.75) is 37.8 Å². The molecule has 2 rings (SSSR count). The summed E-state index contributed by atoms with van der Waals surface area (Å²) in [4.78, 5) is 6.77. The zero-order valence-electron chi connectivity index (χ0n) is 7.20. The molecule has 66 valence electrons. The molecule has 0 saturated carbocycles. The Morgan fingerprint density at radius 3 is 3.08 bits per heavy atom. The molecular formula is C9H14N2S. The third-order valence-corrected chi connectivity index (χ3v) is 3.13. The molecule has 3 heteroatoms. The Morgan fingerprint density at radius 1 is 1.33 bits per heavy atom. The van der Waals surface area contributed by atoms with Crippen molar-refractivity contribution >= 4 is 17.4 Å². The molecule has 0 aromatic heterocycles. The van der Waals surface area contributed by atoms with Crippen molar-refractivity contribution in [2.75, 3.05) is 13.1 Å². The Hall–Kier alpha value is -0.240. The maximum atomic E-state index is 4.62. The number of hydrogen-bond donors (Lipinski definition) is 0. The van der Waals surface area contributed by atoms with E-state index in [1.807, 2.05) is 0 Å². The van der Waals surface area contributed by atoms with Crippen LogP contribution in [0.25, 0.3) is 0 Å². The summed E-state index contributed by atoms with van der Waals surface area (Å²) in [6.45, 7) is 2.52. The van der Waals surface area contributed by atoms with Crippen LogP contribution in [0.1, 0.15) is 25.7 Å². The zero-order valence-corrected chi connectivity index (χ0v) is 8.02. The van der Waals surface area contributed by atoms with E-state index in [0.29, 0.717) is 6.04 Å². The fourth-order valence-electron chi connectivity index (χ4n) is 2.39. The summed E-state index contributed by atoms with van der Waals surface area (Å²) >= 11 is 4.62. The van der Waals surface area contributed by atoms with Gasteiger partial charge in [0.05, 0.1) is 11.2 Å². The van der Waals surface area contributed by atoms with Gasteiger partial charge in [-0.15, -0.1) is 0 Å². The average Bonchev–Trinajstić information content (AvgIpc) is 2.51. The summed E-state index contributed by atoms with van der Waals surface area (Å²) in [5.41, 5.74) is 0. The third-order valence-electron chi connectivity index (χ3n) is 3.03. The highest BCUT2D eigenvalue weighted by molar-refractivity contribution is 7.78. The molecule has 0 bridgehead atoms. The van der Waals surface area contributed by atoms with Crippen LogP contribution >= 0.6 is 12.2 Å². The summed E-state index contributed by atoms with van der Waals surface area (Å²) in [6.07, 6.45) is 5.13. The lowest BCUT2D eigenvalue weighted by atomic mass is 9.98. The van der Waals surface area contributed by atoms with Crippen LogP contribution in [0.15, 0.2) is 4.99 Å². The van der Waals surface area contributed by atoms with Crippen molar-refractivity contribution in [3.05, 3.63) is 0 Å². The molecule has 2 heterocycles. The lowest BCUT2D eigenvalue weighted by Crippen LogP contribution is -2.39. The van der Waals surface area contributed by atoms with Gasteiger partial charge < -0.3 is 4.90 Å². The van der Waals surface area contributed by atoms with E-state index >= 15 is 0 Å². The summed E-state index contributed by atoms with van der Waals surface area (Å²) in [5.74, 6) is 0. The van der Waals surface area contributed by atoms with Crippen molar-refractivity contribution in [1.82, 2.24) is 4.90 Å². The lowest BCUT2D eigenvalue weighted by molar-refractivity contribution is 0.183. The van der Waals surface area contributed by atoms with Gasteiger partial charge in [-0.05, 0) is 44.4 Å². The Kier molecular flexibility index (Phi) is 2.54. The van der Waals surface area contributed by atoms with E-state index in [1.54, 1.807) is 0 Å². The molecule has 12 heavy (non-hydrogen) atoms.